The number of rotatable bonds is 33. The number of hydrogen-bond donors (Lipinski definition) is 8. The van der Waals surface area contributed by atoms with E-state index >= 15 is 0 Å². The first-order valence-electron chi connectivity index (χ1n) is 35.5. The van der Waals surface area contributed by atoms with Crippen molar-refractivity contribution in [3.05, 3.63) is 149 Å². The molecule has 4 aromatic carbocycles. The number of phenolic OH excluding ortho intramolecular Hbond substituents is 1. The predicted octanol–water partition coefficient (Wildman–Crippen LogP) is 6.85. The number of primary amides is 1. The van der Waals surface area contributed by atoms with Crippen LogP contribution in [0.4, 0.5) is 41.0 Å². The topological polar surface area (TPSA) is 423 Å². The zero-order chi connectivity index (χ0) is 77.8. The first-order chi connectivity index (χ1) is 52.4. The van der Waals surface area contributed by atoms with Crippen LogP contribution in [-0.4, -0.2) is 213 Å². The summed E-state index contributed by atoms with van der Waals surface area (Å²) in [6, 6.07) is 19.0. The van der Waals surface area contributed by atoms with E-state index in [0.717, 1.165) is 34.3 Å². The van der Waals surface area contributed by atoms with E-state index < -0.39 is 95.9 Å². The summed E-state index contributed by atoms with van der Waals surface area (Å²) in [6.45, 7) is 5.87. The highest BCUT2D eigenvalue weighted by atomic mass is 35.5. The smallest absolute Gasteiger partial charge is 0.415 e. The molecule has 9 N–H and O–H groups in total. The summed E-state index contributed by atoms with van der Waals surface area (Å²) in [4.78, 5) is 154. The van der Waals surface area contributed by atoms with Crippen LogP contribution in [0.1, 0.15) is 102 Å². The van der Waals surface area contributed by atoms with E-state index in [2.05, 4.69) is 47.2 Å². The Balaban J connectivity index is 0.677. The monoisotopic (exact) mass is 1520 g/mol. The van der Waals surface area contributed by atoms with E-state index in [9.17, 15) is 57.8 Å². The van der Waals surface area contributed by atoms with Crippen molar-refractivity contribution in [2.75, 3.05) is 94.8 Å². The van der Waals surface area contributed by atoms with Crippen molar-refractivity contribution >= 4 is 111 Å². The van der Waals surface area contributed by atoms with Crippen LogP contribution < -0.4 is 47.3 Å². The van der Waals surface area contributed by atoms with Crippen LogP contribution in [0.5, 0.6) is 11.5 Å². The average Bonchev–Trinajstić information content (AvgIpc) is 1.61. The van der Waals surface area contributed by atoms with Gasteiger partial charge in [-0.25, -0.2) is 33.6 Å². The Kier molecular flexibility index (Phi) is 27.4. The molecule has 1 unspecified atom stereocenters. The summed E-state index contributed by atoms with van der Waals surface area (Å²) in [5.74, 6) is -3.29. The number of imide groups is 1. The Morgan fingerprint density at radius 2 is 1.41 bits per heavy atom. The van der Waals surface area contributed by atoms with Crippen molar-refractivity contribution in [1.29, 1.82) is 0 Å². The third-order valence-corrected chi connectivity index (χ3v) is 18.9. The number of alkyl halides is 1. The lowest BCUT2D eigenvalue weighted by Gasteiger charge is -2.41. The van der Waals surface area contributed by atoms with Crippen molar-refractivity contribution in [1.82, 2.24) is 60.3 Å². The van der Waals surface area contributed by atoms with Crippen LogP contribution in [0.2, 0.25) is 0 Å². The lowest BCUT2D eigenvalue weighted by Crippen LogP contribution is -2.54. The minimum absolute atomic E-state index is 0.0131. The van der Waals surface area contributed by atoms with Gasteiger partial charge in [-0.05, 0) is 109 Å². The maximum absolute atomic E-state index is 14.7. The number of nitrogens with two attached hydrogens (primary N) is 1. The maximum atomic E-state index is 14.7. The number of fused-ring (bicyclic) bond motifs is 4. The highest BCUT2D eigenvalue weighted by molar-refractivity contribution is 6.19. The van der Waals surface area contributed by atoms with Gasteiger partial charge in [0.1, 0.15) is 60.4 Å². The Hall–Kier alpha value is -11.9. The summed E-state index contributed by atoms with van der Waals surface area (Å²) in [5, 5.41) is 35.0. The number of pyridine rings is 1. The molecule has 10 rings (SSSR count). The van der Waals surface area contributed by atoms with Gasteiger partial charge in [0.15, 0.2) is 0 Å². The third kappa shape index (κ3) is 21.0. The molecule has 7 aromatic rings. The van der Waals surface area contributed by atoms with Gasteiger partial charge in [-0.3, -0.25) is 33.7 Å². The number of benzene rings is 4. The second-order valence-corrected chi connectivity index (χ2v) is 26.8. The molecule has 0 spiro atoms. The lowest BCUT2D eigenvalue weighted by molar-refractivity contribution is -0.137. The van der Waals surface area contributed by atoms with Crippen molar-refractivity contribution in [2.24, 2.45) is 11.7 Å². The minimum atomic E-state index is -1.16. The lowest BCUT2D eigenvalue weighted by atomic mass is 9.88. The van der Waals surface area contributed by atoms with Crippen molar-refractivity contribution in [3.63, 3.8) is 0 Å². The van der Waals surface area contributed by atoms with Crippen molar-refractivity contribution in [2.45, 2.75) is 109 Å². The number of ether oxygens (including phenoxy) is 6. The summed E-state index contributed by atoms with van der Waals surface area (Å²) in [5.41, 5.74) is 10.2. The van der Waals surface area contributed by atoms with Gasteiger partial charge in [0.05, 0.1) is 75.7 Å². The highest BCUT2D eigenvalue weighted by Crippen LogP contribution is 2.47. The molecule has 1 fully saturated rings. The molecule has 1 aliphatic carbocycles. The molecule has 0 saturated heterocycles. The highest BCUT2D eigenvalue weighted by Gasteiger charge is 2.40. The number of carbonyl (C=O) groups excluding carboxylic acids is 11. The van der Waals surface area contributed by atoms with Gasteiger partial charge in [-0.2, -0.15) is 0 Å². The fraction of sp³-hybridized carbons (Fsp3) is 0.405. The van der Waals surface area contributed by atoms with Crippen molar-refractivity contribution < 1.29 is 86.3 Å². The van der Waals surface area contributed by atoms with Crippen LogP contribution >= 0.6 is 11.6 Å². The molecular weight excluding hydrogens is 1440 g/mol. The molecule has 1 saturated carbocycles. The number of nitrogens with one attached hydrogen (secondary N) is 6. The molecular formula is C74H87ClN16O18. The Bertz CT molecular complexity index is 4500. The number of nitrogens with zero attached hydrogens (tertiary/aromatic N) is 9. The molecule has 5 heterocycles. The molecule has 578 valence electrons. The number of aryl methyl sites for hydroxylation is 1. The zero-order valence-corrected chi connectivity index (χ0v) is 61.5. The van der Waals surface area contributed by atoms with Crippen LogP contribution in [0.3, 0.4) is 0 Å². The number of urea groups is 1. The van der Waals surface area contributed by atoms with Gasteiger partial charge in [-0.1, -0.05) is 62.2 Å². The van der Waals surface area contributed by atoms with Gasteiger partial charge < -0.3 is 90.3 Å². The SMILES string of the molecule is Cc1cccc2c(OC(=O)N(C)[C@H]3CCCC[C@H]3N(C)C(=O)OCc3ccc(NC(=O)[C@H](CCCNC(N)=O)NC(=O)[C@@H](NC(=O)OCCOCCn4cc(CNC(=O)OCCOCCN5C(=O)C=CC5=O)nn4)C(C)C)cc3)cc3c(c12)C(CCl)CN3C(=O)c1cn2cc(NC(=O)c3ccc(O)cc3)ccc2n1. The van der Waals surface area contributed by atoms with Crippen LogP contribution in [0.15, 0.2) is 116 Å². The second kappa shape index (κ2) is 37.6. The van der Waals surface area contributed by atoms with Gasteiger partial charge in [0.2, 0.25) is 11.8 Å². The molecule has 5 atom stereocenters. The Morgan fingerprint density at radius 1 is 0.734 bits per heavy atom. The first-order valence-corrected chi connectivity index (χ1v) is 36.0. The Morgan fingerprint density at radius 3 is 2.10 bits per heavy atom. The number of phenols is 1. The van der Waals surface area contributed by atoms with E-state index in [-0.39, 0.29) is 121 Å². The summed E-state index contributed by atoms with van der Waals surface area (Å²) < 4.78 is 36.6. The van der Waals surface area contributed by atoms with Crippen LogP contribution in [0, 0.1) is 12.8 Å². The van der Waals surface area contributed by atoms with E-state index in [1.54, 1.807) is 98.3 Å². The number of halogens is 1. The van der Waals surface area contributed by atoms with E-state index in [0.29, 0.717) is 57.8 Å². The molecule has 109 heavy (non-hydrogen) atoms. The number of likely N-dealkylation sites (N-methyl/N-ethyl adjacent to an activating group) is 2. The largest absolute Gasteiger partial charge is 0.508 e. The average molecular weight is 1520 g/mol. The number of aromatic nitrogens is 5. The number of anilines is 3. The molecule has 34 nitrogen and oxygen atoms in total. The first kappa shape index (κ1) is 79.6. The molecule has 2 aliphatic heterocycles. The number of amides is 12. The predicted molar refractivity (Wildman–Crippen MR) is 395 cm³/mol. The number of hydrogen-bond acceptors (Lipinski definition) is 21. The fourth-order valence-electron chi connectivity index (χ4n) is 12.9. The van der Waals surface area contributed by atoms with Gasteiger partial charge in [0.25, 0.3) is 23.6 Å². The van der Waals surface area contributed by atoms with E-state index in [1.807, 2.05) is 25.1 Å². The van der Waals surface area contributed by atoms with E-state index in [4.69, 9.17) is 45.8 Å². The van der Waals surface area contributed by atoms with Gasteiger partial charge in [-0.15, -0.1) is 16.7 Å². The van der Waals surface area contributed by atoms with Crippen LogP contribution in [0.25, 0.3) is 16.4 Å². The summed E-state index contributed by atoms with van der Waals surface area (Å²) >= 11 is 6.68. The Labute approximate surface area is 631 Å². The molecule has 0 bridgehead atoms. The molecule has 3 aromatic heterocycles. The zero-order valence-electron chi connectivity index (χ0n) is 60.7. The maximum Gasteiger partial charge on any atom is 0.415 e. The number of aromatic hydroxyl groups is 1. The molecule has 35 heteroatoms. The van der Waals surface area contributed by atoms with Gasteiger partial charge in [0, 0.05) is 86.2 Å². The van der Waals surface area contributed by atoms with Crippen LogP contribution in [-0.2, 0) is 62.6 Å². The third-order valence-electron chi connectivity index (χ3n) is 18.6. The fourth-order valence-corrected chi connectivity index (χ4v) is 13.1. The number of alkyl carbamates (subject to hydrolysis) is 2. The molecule has 3 aliphatic rings. The van der Waals surface area contributed by atoms with Gasteiger partial charge >= 0.3 is 30.4 Å². The minimum Gasteiger partial charge on any atom is -0.508 e. The molecule has 12 amide bonds. The van der Waals surface area contributed by atoms with Crippen molar-refractivity contribution in [3.8, 4) is 11.5 Å². The standard InChI is InChI=1S/C74H87ClN16O18/c1-44(2)65(83-72(101)107-35-33-104-30-28-89-41-51(84-85-89)38-78-71(100)106-34-32-105-31-29-90-61(93)25-26-62(90)94)68(97)82-54(12-9-27-77-70(76)99)67(96)79-49-19-15-46(16-20-49)43-108-73(102)86(4)56-13-6-7-14-57(56)87(5)74(103)109-59-36-58-64(63-45(3)10-8-11-53(59)63)48(37-75)39-91(58)69(98)55-42-88-40-50(21-24-60(88)81-55)80-66(95)47-17-22-52(92)23-18-47/h8,10-11,15-26,36,40-42,44,48,54,56-57,65,92H,6-7,9,12-14,27-35,37-39,43H2,1-5H3,(H,78,100)(H,79,96)(H,80,95)(H,82,97)(H,83,101)(H3,76,77,99)/t48?,54-,56+,57-,65-/m0/s1. The molecule has 0 radical (unpaired) electrons. The van der Waals surface area contributed by atoms with E-state index in [1.165, 1.54) is 50.9 Å². The normalized spacial score (nSPS) is 15.8. The summed E-state index contributed by atoms with van der Waals surface area (Å²) in [6.07, 6.45) is 7.13. The number of imidazole rings is 1. The number of carbonyl (C=O) groups is 11. The summed E-state index contributed by atoms with van der Waals surface area (Å²) in [7, 11) is 3.24. The quantitative estimate of drug-likeness (QED) is 0.00902. The second-order valence-electron chi connectivity index (χ2n) is 26.5.